The summed E-state index contributed by atoms with van der Waals surface area (Å²) in [5.41, 5.74) is 2.98. The van der Waals surface area contributed by atoms with Gasteiger partial charge in [-0.25, -0.2) is 0 Å². The molecule has 0 radical (unpaired) electrons. The highest BCUT2D eigenvalue weighted by molar-refractivity contribution is 5.75. The number of carbonyl (C=O) groups is 1. The predicted molar refractivity (Wildman–Crippen MR) is 128 cm³/mol. The van der Waals surface area contributed by atoms with Gasteiger partial charge in [0.1, 0.15) is 11.5 Å². The van der Waals surface area contributed by atoms with Crippen molar-refractivity contribution in [3.05, 3.63) is 47.6 Å². The van der Waals surface area contributed by atoms with Crippen LogP contribution in [0.15, 0.2) is 36.4 Å². The fourth-order valence-corrected chi connectivity index (χ4v) is 4.32. The van der Waals surface area contributed by atoms with Gasteiger partial charge in [-0.05, 0) is 71.6 Å². The third-order valence-corrected chi connectivity index (χ3v) is 5.92. The van der Waals surface area contributed by atoms with Crippen molar-refractivity contribution in [3.8, 4) is 11.5 Å². The predicted octanol–water partition coefficient (Wildman–Crippen LogP) is 5.04. The molecule has 1 fully saturated rings. The molecule has 1 unspecified atom stereocenters. The molecule has 172 valence electrons. The highest BCUT2D eigenvalue weighted by atomic mass is 16.5. The standard InChI is InChI=1S/C23H34N2O3.C3H6/c1-16(2)25-10-8-24(9-11-25)15-22(27)28-21-14-18(4)13-20(26)23(21)19-7-5-6-17(3)12-19;1-3-2/h12-14,16,19,26H,5-11,15H2,1-4H3;3H,1H2,2H3. The highest BCUT2D eigenvalue weighted by Gasteiger charge is 2.25. The summed E-state index contributed by atoms with van der Waals surface area (Å²) in [6, 6.07) is 4.18. The van der Waals surface area contributed by atoms with Crippen LogP contribution in [0.4, 0.5) is 0 Å². The Kier molecular flexibility index (Phi) is 9.79. The van der Waals surface area contributed by atoms with Crippen molar-refractivity contribution in [3.63, 3.8) is 0 Å². The fourth-order valence-electron chi connectivity index (χ4n) is 4.32. The number of aryl methyl sites for hydroxylation is 1. The van der Waals surface area contributed by atoms with E-state index in [9.17, 15) is 9.90 Å². The van der Waals surface area contributed by atoms with Crippen molar-refractivity contribution in [1.82, 2.24) is 9.80 Å². The van der Waals surface area contributed by atoms with E-state index in [1.54, 1.807) is 12.1 Å². The molecule has 1 aliphatic carbocycles. The van der Waals surface area contributed by atoms with Gasteiger partial charge in [0.05, 0.1) is 6.54 Å². The summed E-state index contributed by atoms with van der Waals surface area (Å²) in [6.07, 6.45) is 7.11. The van der Waals surface area contributed by atoms with Crippen LogP contribution in [0.1, 0.15) is 64.0 Å². The Morgan fingerprint density at radius 1 is 1.26 bits per heavy atom. The number of hydrogen-bond donors (Lipinski definition) is 1. The third-order valence-electron chi connectivity index (χ3n) is 5.92. The van der Waals surface area contributed by atoms with Crippen LogP contribution in [0.3, 0.4) is 0 Å². The second kappa shape index (κ2) is 12.1. The molecule has 5 nitrogen and oxygen atoms in total. The van der Waals surface area contributed by atoms with E-state index >= 15 is 0 Å². The van der Waals surface area contributed by atoms with Crippen LogP contribution in [0.2, 0.25) is 0 Å². The van der Waals surface area contributed by atoms with E-state index in [1.165, 1.54) is 5.57 Å². The van der Waals surface area contributed by atoms with Gasteiger partial charge in [-0.2, -0.15) is 0 Å². The van der Waals surface area contributed by atoms with Crippen LogP contribution in [0, 0.1) is 6.92 Å². The van der Waals surface area contributed by atoms with Crippen LogP contribution < -0.4 is 4.74 Å². The average molecular weight is 429 g/mol. The smallest absolute Gasteiger partial charge is 0.325 e. The number of phenols is 1. The van der Waals surface area contributed by atoms with Gasteiger partial charge in [-0.3, -0.25) is 14.6 Å². The van der Waals surface area contributed by atoms with Crippen molar-refractivity contribution < 1.29 is 14.6 Å². The Labute approximate surface area is 188 Å². The molecular weight excluding hydrogens is 388 g/mol. The van der Waals surface area contributed by atoms with E-state index in [4.69, 9.17) is 4.74 Å². The van der Waals surface area contributed by atoms with E-state index in [2.05, 4.69) is 43.2 Å². The van der Waals surface area contributed by atoms with Gasteiger partial charge in [0, 0.05) is 43.7 Å². The SMILES string of the molecule is C=CC.CC1=CC(c2c(O)cc(C)cc2OC(=O)CN2CCN(C(C)C)CC2)CCC1. The normalized spacial score (nSPS) is 19.9. The molecule has 31 heavy (non-hydrogen) atoms. The Morgan fingerprint density at radius 3 is 2.48 bits per heavy atom. The Hall–Kier alpha value is -2.11. The summed E-state index contributed by atoms with van der Waals surface area (Å²) < 4.78 is 5.79. The van der Waals surface area contributed by atoms with Crippen molar-refractivity contribution in [2.45, 2.75) is 65.8 Å². The van der Waals surface area contributed by atoms with E-state index < -0.39 is 0 Å². The number of nitrogens with zero attached hydrogens (tertiary/aromatic N) is 2. The summed E-state index contributed by atoms with van der Waals surface area (Å²) >= 11 is 0. The molecule has 1 N–H and O–H groups in total. The van der Waals surface area contributed by atoms with E-state index in [1.807, 2.05) is 19.9 Å². The first-order valence-corrected chi connectivity index (χ1v) is 11.5. The number of aromatic hydroxyl groups is 1. The molecule has 0 spiro atoms. The highest BCUT2D eigenvalue weighted by Crippen LogP contribution is 2.41. The Bertz CT molecular complexity index is 777. The summed E-state index contributed by atoms with van der Waals surface area (Å²) in [6.45, 7) is 17.7. The molecular formula is C26H40N2O3. The van der Waals surface area contributed by atoms with Crippen molar-refractivity contribution in [2.24, 2.45) is 0 Å². The van der Waals surface area contributed by atoms with Crippen LogP contribution in [-0.2, 0) is 4.79 Å². The molecule has 5 heteroatoms. The number of ether oxygens (including phenoxy) is 1. The molecule has 0 amide bonds. The van der Waals surface area contributed by atoms with Gasteiger partial charge < -0.3 is 9.84 Å². The number of benzene rings is 1. The molecule has 3 rings (SSSR count). The number of esters is 1. The summed E-state index contributed by atoms with van der Waals surface area (Å²) in [5, 5.41) is 10.6. The minimum Gasteiger partial charge on any atom is -0.507 e. The van der Waals surface area contributed by atoms with E-state index in [-0.39, 0.29) is 17.6 Å². The van der Waals surface area contributed by atoms with Gasteiger partial charge in [-0.15, -0.1) is 6.58 Å². The first-order valence-electron chi connectivity index (χ1n) is 11.5. The van der Waals surface area contributed by atoms with Crippen LogP contribution in [-0.4, -0.2) is 59.6 Å². The number of carbonyl (C=O) groups excluding carboxylic acids is 1. The van der Waals surface area contributed by atoms with Gasteiger partial charge in [-0.1, -0.05) is 17.7 Å². The number of rotatable bonds is 5. The van der Waals surface area contributed by atoms with Crippen molar-refractivity contribution >= 4 is 5.97 Å². The lowest BCUT2D eigenvalue weighted by molar-refractivity contribution is -0.136. The molecule has 0 saturated carbocycles. The zero-order valence-corrected chi connectivity index (χ0v) is 20.0. The molecule has 2 aliphatic rings. The monoisotopic (exact) mass is 428 g/mol. The van der Waals surface area contributed by atoms with E-state index in [0.717, 1.165) is 56.6 Å². The third kappa shape index (κ3) is 7.51. The van der Waals surface area contributed by atoms with Gasteiger partial charge in [0.15, 0.2) is 0 Å². The van der Waals surface area contributed by atoms with Crippen LogP contribution in [0.25, 0.3) is 0 Å². The van der Waals surface area contributed by atoms with Crippen LogP contribution in [0.5, 0.6) is 11.5 Å². The first kappa shape index (κ1) is 25.2. The van der Waals surface area contributed by atoms with Crippen molar-refractivity contribution in [1.29, 1.82) is 0 Å². The lowest BCUT2D eigenvalue weighted by Gasteiger charge is -2.36. The van der Waals surface area contributed by atoms with Crippen LogP contribution >= 0.6 is 0 Å². The zero-order chi connectivity index (χ0) is 23.0. The zero-order valence-electron chi connectivity index (χ0n) is 20.0. The lowest BCUT2D eigenvalue weighted by Crippen LogP contribution is -2.50. The van der Waals surface area contributed by atoms with Gasteiger partial charge in [0.2, 0.25) is 0 Å². The minimum absolute atomic E-state index is 0.103. The first-order chi connectivity index (χ1) is 14.7. The molecule has 0 aromatic heterocycles. The summed E-state index contributed by atoms with van der Waals surface area (Å²) in [4.78, 5) is 17.2. The maximum atomic E-state index is 12.6. The second-order valence-electron chi connectivity index (χ2n) is 9.00. The van der Waals surface area contributed by atoms with Crippen molar-refractivity contribution in [2.75, 3.05) is 32.7 Å². The molecule has 1 atom stereocenters. The quantitative estimate of drug-likeness (QED) is 0.405. The number of phenolic OH excluding ortho intramolecular Hbond substituents is 1. The Balaban J connectivity index is 0.00000107. The molecule has 1 aromatic carbocycles. The minimum atomic E-state index is -0.249. The van der Waals surface area contributed by atoms with Gasteiger partial charge >= 0.3 is 5.97 Å². The molecule has 1 aromatic rings. The number of allylic oxidation sites excluding steroid dienone is 3. The average Bonchev–Trinajstić information content (AvgIpc) is 2.68. The molecule has 1 saturated heterocycles. The maximum absolute atomic E-state index is 12.6. The largest absolute Gasteiger partial charge is 0.507 e. The van der Waals surface area contributed by atoms with E-state index in [0.29, 0.717) is 18.3 Å². The molecule has 1 heterocycles. The lowest BCUT2D eigenvalue weighted by atomic mass is 9.85. The van der Waals surface area contributed by atoms with Gasteiger partial charge in [0.25, 0.3) is 0 Å². The topological polar surface area (TPSA) is 53.0 Å². The molecule has 1 aliphatic heterocycles. The number of hydrogen-bond acceptors (Lipinski definition) is 5. The summed E-state index contributed by atoms with van der Waals surface area (Å²) in [5.74, 6) is 0.594. The number of piperazine rings is 1. The second-order valence-corrected chi connectivity index (χ2v) is 9.00. The molecule has 0 bridgehead atoms. The summed E-state index contributed by atoms with van der Waals surface area (Å²) in [7, 11) is 0. The fraction of sp³-hybridized carbons (Fsp3) is 0.577. The Morgan fingerprint density at radius 2 is 1.90 bits per heavy atom. The maximum Gasteiger partial charge on any atom is 0.325 e.